The van der Waals surface area contributed by atoms with Crippen LogP contribution in [0.5, 0.6) is 0 Å². The number of anilines is 2. The maximum Gasteiger partial charge on any atom is 0.296 e. The van der Waals surface area contributed by atoms with Crippen LogP contribution in [0.3, 0.4) is 0 Å². The van der Waals surface area contributed by atoms with Gasteiger partial charge in [0.2, 0.25) is 5.95 Å². The average Bonchev–Trinajstić information content (AvgIpc) is 3.31. The standard InChI is InChI=1S/C28H39F2N7O2/c1-18-16-39-13-12-36(18)23-14-24(37-22-7-5-4-6-21(22)33-26(37)25(29)30)35-27(34-23)31-15-19-8-10-20(11-9-19)32-17-28(2,3)38/h4-7,14,18-20,25,32,38H,8-13,15-17H2,1-3H3,(H,31,34,35)/t18-,19-,20-/m0/s1. The van der Waals surface area contributed by atoms with Crippen LogP contribution in [0, 0.1) is 5.92 Å². The molecule has 212 valence electrons. The summed E-state index contributed by atoms with van der Waals surface area (Å²) in [5.41, 5.74) is 0.355. The fourth-order valence-electron chi connectivity index (χ4n) is 5.46. The summed E-state index contributed by atoms with van der Waals surface area (Å²) in [6, 6.07) is 9.39. The largest absolute Gasteiger partial charge is 0.389 e. The van der Waals surface area contributed by atoms with Gasteiger partial charge in [0, 0.05) is 31.7 Å². The van der Waals surface area contributed by atoms with Crippen molar-refractivity contribution in [3.8, 4) is 5.82 Å². The Labute approximate surface area is 228 Å². The highest BCUT2D eigenvalue weighted by Gasteiger charge is 2.26. The molecule has 2 fully saturated rings. The molecule has 3 N–H and O–H groups in total. The molecule has 0 amide bonds. The molecule has 0 radical (unpaired) electrons. The van der Waals surface area contributed by atoms with Gasteiger partial charge in [-0.3, -0.25) is 4.57 Å². The van der Waals surface area contributed by atoms with Gasteiger partial charge in [-0.1, -0.05) is 12.1 Å². The number of nitrogens with zero attached hydrogens (tertiary/aromatic N) is 5. The molecule has 3 aromatic rings. The first-order valence-corrected chi connectivity index (χ1v) is 13.9. The van der Waals surface area contributed by atoms with E-state index >= 15 is 0 Å². The van der Waals surface area contributed by atoms with Gasteiger partial charge < -0.3 is 25.4 Å². The van der Waals surface area contributed by atoms with Crippen LogP contribution in [0.15, 0.2) is 30.3 Å². The summed E-state index contributed by atoms with van der Waals surface area (Å²) in [5.74, 6) is 1.58. The van der Waals surface area contributed by atoms with Gasteiger partial charge in [-0.15, -0.1) is 0 Å². The van der Waals surface area contributed by atoms with Gasteiger partial charge in [0.1, 0.15) is 11.6 Å². The first-order valence-electron chi connectivity index (χ1n) is 13.9. The van der Waals surface area contributed by atoms with Crippen molar-refractivity contribution in [2.75, 3.05) is 43.1 Å². The Morgan fingerprint density at radius 2 is 1.85 bits per heavy atom. The average molecular weight is 544 g/mol. The Kier molecular flexibility index (Phi) is 8.29. The second-order valence-corrected chi connectivity index (χ2v) is 11.4. The number of nitrogens with one attached hydrogen (secondary N) is 2. The van der Waals surface area contributed by atoms with Crippen molar-refractivity contribution in [3.05, 3.63) is 36.2 Å². The minimum atomic E-state index is -2.75. The van der Waals surface area contributed by atoms with Crippen LogP contribution < -0.4 is 15.5 Å². The van der Waals surface area contributed by atoms with Crippen LogP contribution in [0.25, 0.3) is 16.9 Å². The van der Waals surface area contributed by atoms with E-state index in [2.05, 4.69) is 27.4 Å². The summed E-state index contributed by atoms with van der Waals surface area (Å²) < 4.78 is 35.3. The number of imidazole rings is 1. The van der Waals surface area contributed by atoms with E-state index < -0.39 is 12.0 Å². The van der Waals surface area contributed by atoms with E-state index in [1.54, 1.807) is 24.3 Å². The van der Waals surface area contributed by atoms with Crippen LogP contribution >= 0.6 is 0 Å². The van der Waals surface area contributed by atoms with Crippen molar-refractivity contribution in [3.63, 3.8) is 0 Å². The van der Waals surface area contributed by atoms with E-state index in [1.165, 1.54) is 4.57 Å². The number of aromatic nitrogens is 4. The van der Waals surface area contributed by atoms with E-state index in [-0.39, 0.29) is 11.9 Å². The predicted molar refractivity (Wildman–Crippen MR) is 148 cm³/mol. The molecular formula is C28H39F2N7O2. The lowest BCUT2D eigenvalue weighted by molar-refractivity contribution is 0.0736. The number of benzene rings is 1. The van der Waals surface area contributed by atoms with Crippen LogP contribution in [-0.4, -0.2) is 75.2 Å². The number of rotatable bonds is 9. The summed E-state index contributed by atoms with van der Waals surface area (Å²) in [5, 5.41) is 16.9. The normalized spacial score (nSPS) is 22.5. The first kappa shape index (κ1) is 27.7. The molecule has 3 heterocycles. The Morgan fingerprint density at radius 3 is 2.56 bits per heavy atom. The third-order valence-corrected chi connectivity index (χ3v) is 7.59. The molecule has 11 heteroatoms. The zero-order valence-electron chi connectivity index (χ0n) is 22.9. The number of para-hydroxylation sites is 2. The molecule has 9 nitrogen and oxygen atoms in total. The zero-order chi connectivity index (χ0) is 27.6. The molecule has 0 bridgehead atoms. The van der Waals surface area contributed by atoms with Crippen molar-refractivity contribution in [1.29, 1.82) is 0 Å². The Morgan fingerprint density at radius 1 is 1.10 bits per heavy atom. The highest BCUT2D eigenvalue weighted by molar-refractivity contribution is 5.78. The van der Waals surface area contributed by atoms with Crippen LogP contribution in [0.1, 0.15) is 58.7 Å². The number of halogens is 2. The fraction of sp³-hybridized carbons (Fsp3) is 0.607. The van der Waals surface area contributed by atoms with Crippen LogP contribution in [-0.2, 0) is 4.74 Å². The summed E-state index contributed by atoms with van der Waals surface area (Å²) >= 11 is 0. The molecule has 0 unspecified atom stereocenters. The molecule has 2 aliphatic rings. The van der Waals surface area contributed by atoms with Crippen molar-refractivity contribution >= 4 is 22.8 Å². The molecule has 0 spiro atoms. The second-order valence-electron chi connectivity index (χ2n) is 11.4. The number of fused-ring (bicyclic) bond motifs is 1. The van der Waals surface area contributed by atoms with Gasteiger partial charge >= 0.3 is 0 Å². The van der Waals surface area contributed by atoms with Crippen molar-refractivity contribution in [2.45, 2.75) is 70.6 Å². The molecule has 1 aliphatic carbocycles. The lowest BCUT2D eigenvalue weighted by atomic mass is 9.86. The van der Waals surface area contributed by atoms with E-state index in [1.807, 2.05) is 19.9 Å². The van der Waals surface area contributed by atoms with E-state index in [9.17, 15) is 13.9 Å². The van der Waals surface area contributed by atoms with Crippen molar-refractivity contribution in [2.24, 2.45) is 5.92 Å². The molecule has 1 aliphatic heterocycles. The lowest BCUT2D eigenvalue weighted by Gasteiger charge is -2.34. The number of hydrogen-bond acceptors (Lipinski definition) is 8. The van der Waals surface area contributed by atoms with Gasteiger partial charge in [-0.2, -0.15) is 9.97 Å². The SMILES string of the molecule is C[C@H]1COCCN1c1cc(-n2c(C(F)F)nc3ccccc32)nc(NC[C@H]2CC[C@H](NCC(C)(C)O)CC2)n1. The maximum atomic E-state index is 14.1. The summed E-state index contributed by atoms with van der Waals surface area (Å²) in [7, 11) is 0. The molecule has 1 atom stereocenters. The van der Waals surface area contributed by atoms with E-state index in [0.717, 1.165) is 25.7 Å². The zero-order valence-corrected chi connectivity index (χ0v) is 22.9. The van der Waals surface area contributed by atoms with E-state index in [0.29, 0.717) is 73.4 Å². The van der Waals surface area contributed by atoms with Gasteiger partial charge in [0.05, 0.1) is 35.9 Å². The lowest BCUT2D eigenvalue weighted by Crippen LogP contribution is -2.44. The van der Waals surface area contributed by atoms with Crippen molar-refractivity contribution < 1.29 is 18.6 Å². The number of aliphatic hydroxyl groups is 1. The molecule has 39 heavy (non-hydrogen) atoms. The molecule has 2 aromatic heterocycles. The smallest absolute Gasteiger partial charge is 0.296 e. The molecule has 1 saturated carbocycles. The van der Waals surface area contributed by atoms with Crippen molar-refractivity contribution in [1.82, 2.24) is 24.8 Å². The number of morpholine rings is 1. The fourth-order valence-corrected chi connectivity index (χ4v) is 5.46. The molecular weight excluding hydrogens is 504 g/mol. The number of ether oxygens (including phenoxy) is 1. The van der Waals surface area contributed by atoms with Gasteiger partial charge in [-0.25, -0.2) is 13.8 Å². The molecule has 1 saturated heterocycles. The Bertz CT molecular complexity index is 1250. The summed E-state index contributed by atoms with van der Waals surface area (Å²) in [6.07, 6.45) is 1.42. The van der Waals surface area contributed by atoms with Gasteiger partial charge in [-0.05, 0) is 64.5 Å². The number of alkyl halides is 2. The Balaban J connectivity index is 1.39. The minimum Gasteiger partial charge on any atom is -0.389 e. The third-order valence-electron chi connectivity index (χ3n) is 7.59. The van der Waals surface area contributed by atoms with E-state index in [4.69, 9.17) is 14.7 Å². The number of hydrogen-bond donors (Lipinski definition) is 3. The monoisotopic (exact) mass is 543 g/mol. The summed E-state index contributed by atoms with van der Waals surface area (Å²) in [4.78, 5) is 15.9. The summed E-state index contributed by atoms with van der Waals surface area (Å²) in [6.45, 7) is 8.77. The highest BCUT2D eigenvalue weighted by atomic mass is 19.3. The van der Waals surface area contributed by atoms with Gasteiger partial charge in [0.25, 0.3) is 6.43 Å². The molecule has 1 aromatic carbocycles. The predicted octanol–water partition coefficient (Wildman–Crippen LogP) is 4.31. The quantitative estimate of drug-likeness (QED) is 0.367. The Hall–Kier alpha value is -2.89. The molecule has 5 rings (SSSR count). The first-order chi connectivity index (χ1) is 18.7. The highest BCUT2D eigenvalue weighted by Crippen LogP contribution is 2.30. The minimum absolute atomic E-state index is 0.0927. The second kappa shape index (κ2) is 11.7. The van der Waals surface area contributed by atoms with Gasteiger partial charge in [0.15, 0.2) is 5.82 Å². The third kappa shape index (κ3) is 6.64. The van der Waals surface area contributed by atoms with Crippen LogP contribution in [0.2, 0.25) is 0 Å². The maximum absolute atomic E-state index is 14.1. The topological polar surface area (TPSA) is 100 Å². The van der Waals surface area contributed by atoms with Crippen LogP contribution in [0.4, 0.5) is 20.5 Å².